The number of carbonyl (C=O) groups excluding carboxylic acids is 2. The number of aromatic nitrogens is 2. The van der Waals surface area contributed by atoms with Gasteiger partial charge in [0.15, 0.2) is 0 Å². The van der Waals surface area contributed by atoms with Crippen molar-refractivity contribution in [3.63, 3.8) is 0 Å². The molecule has 0 fully saturated rings. The van der Waals surface area contributed by atoms with Gasteiger partial charge < -0.3 is 10.2 Å². The molecule has 0 saturated carbocycles. The van der Waals surface area contributed by atoms with Crippen LogP contribution in [0.15, 0.2) is 6.07 Å². The average Bonchev–Trinajstić information content (AvgIpc) is 2.90. The number of halogens is 1. The summed E-state index contributed by atoms with van der Waals surface area (Å²) in [6, 6.07) is 1.90. The molecular formula is C18H31ClN4O2. The van der Waals surface area contributed by atoms with Gasteiger partial charge in [-0.05, 0) is 27.2 Å². The molecule has 0 spiro atoms. The second-order valence-electron chi connectivity index (χ2n) is 8.24. The molecule has 6 nitrogen and oxygen atoms in total. The molecular weight excluding hydrogens is 340 g/mol. The first-order valence-electron chi connectivity index (χ1n) is 8.64. The van der Waals surface area contributed by atoms with Gasteiger partial charge in [-0.3, -0.25) is 9.59 Å². The van der Waals surface area contributed by atoms with E-state index in [4.69, 9.17) is 11.6 Å². The fourth-order valence-electron chi connectivity index (χ4n) is 2.35. The van der Waals surface area contributed by atoms with Crippen molar-refractivity contribution in [3.8, 4) is 0 Å². The van der Waals surface area contributed by atoms with Crippen LogP contribution in [-0.4, -0.2) is 45.5 Å². The van der Waals surface area contributed by atoms with Crippen LogP contribution in [0.3, 0.4) is 0 Å². The van der Waals surface area contributed by atoms with E-state index < -0.39 is 0 Å². The molecule has 0 atom stereocenters. The van der Waals surface area contributed by atoms with Crippen LogP contribution in [-0.2, 0) is 20.5 Å². The van der Waals surface area contributed by atoms with Crippen molar-refractivity contribution in [2.75, 3.05) is 24.3 Å². The van der Waals surface area contributed by atoms with Gasteiger partial charge in [0.25, 0.3) is 0 Å². The number of carbonyl (C=O) groups is 2. The fourth-order valence-corrected chi connectivity index (χ4v) is 2.52. The highest BCUT2D eigenvalue weighted by atomic mass is 35.5. The van der Waals surface area contributed by atoms with Gasteiger partial charge in [0.1, 0.15) is 11.7 Å². The summed E-state index contributed by atoms with van der Waals surface area (Å²) in [5, 5.41) is 7.57. The van der Waals surface area contributed by atoms with Crippen LogP contribution in [0.1, 0.15) is 60.6 Å². The number of anilines is 1. The van der Waals surface area contributed by atoms with Crippen molar-refractivity contribution in [2.24, 2.45) is 0 Å². The Hall–Kier alpha value is -1.56. The standard InChI is InChI=1S/C18H31ClN4O2/c1-8-9-22(16(25)11-19)12-15(24)20-14-10-13(17(2,3)4)21-23(14)18(5,6)7/h10H,8-9,11-12H2,1-7H3,(H,20,24). The van der Waals surface area contributed by atoms with Crippen LogP contribution in [0.25, 0.3) is 0 Å². The van der Waals surface area contributed by atoms with Crippen molar-refractivity contribution in [1.29, 1.82) is 0 Å². The highest BCUT2D eigenvalue weighted by Gasteiger charge is 2.26. The Kier molecular flexibility index (Phi) is 7.06. The summed E-state index contributed by atoms with van der Waals surface area (Å²) < 4.78 is 1.82. The molecule has 0 unspecified atom stereocenters. The minimum Gasteiger partial charge on any atom is -0.332 e. The number of nitrogens with one attached hydrogen (secondary N) is 1. The van der Waals surface area contributed by atoms with E-state index >= 15 is 0 Å². The van der Waals surface area contributed by atoms with Gasteiger partial charge in [0.05, 0.1) is 17.8 Å². The normalized spacial score (nSPS) is 12.2. The van der Waals surface area contributed by atoms with Crippen LogP contribution in [0.2, 0.25) is 0 Å². The molecule has 1 heterocycles. The number of amides is 2. The van der Waals surface area contributed by atoms with E-state index in [1.165, 1.54) is 4.90 Å². The molecule has 0 aliphatic heterocycles. The molecule has 1 rings (SSSR count). The SMILES string of the molecule is CCCN(CC(=O)Nc1cc(C(C)(C)C)nn1C(C)(C)C)C(=O)CCl. The Morgan fingerprint density at radius 3 is 2.28 bits per heavy atom. The molecule has 142 valence electrons. The molecule has 1 N–H and O–H groups in total. The lowest BCUT2D eigenvalue weighted by atomic mass is 9.92. The van der Waals surface area contributed by atoms with Gasteiger partial charge >= 0.3 is 0 Å². The summed E-state index contributed by atoms with van der Waals surface area (Å²) in [6.45, 7) is 14.8. The first-order valence-corrected chi connectivity index (χ1v) is 9.18. The number of alkyl halides is 1. The lowest BCUT2D eigenvalue weighted by Crippen LogP contribution is -2.39. The Labute approximate surface area is 155 Å². The number of nitrogens with zero attached hydrogens (tertiary/aromatic N) is 3. The summed E-state index contributed by atoms with van der Waals surface area (Å²) in [4.78, 5) is 25.8. The van der Waals surface area contributed by atoms with Crippen molar-refractivity contribution >= 4 is 29.2 Å². The maximum atomic E-state index is 12.5. The maximum absolute atomic E-state index is 12.5. The summed E-state index contributed by atoms with van der Waals surface area (Å²) in [7, 11) is 0. The minimum atomic E-state index is -0.277. The van der Waals surface area contributed by atoms with Crippen LogP contribution in [0.4, 0.5) is 5.82 Å². The summed E-state index contributed by atoms with van der Waals surface area (Å²) in [5.74, 6) is 0.0230. The average molecular weight is 371 g/mol. The molecule has 0 radical (unpaired) electrons. The Morgan fingerprint density at radius 2 is 1.84 bits per heavy atom. The molecule has 7 heteroatoms. The van der Waals surface area contributed by atoms with E-state index in [0.29, 0.717) is 12.4 Å². The van der Waals surface area contributed by atoms with Gasteiger partial charge in [-0.25, -0.2) is 4.68 Å². The van der Waals surface area contributed by atoms with Crippen molar-refractivity contribution in [2.45, 2.75) is 65.8 Å². The Bertz CT molecular complexity index is 612. The van der Waals surface area contributed by atoms with E-state index in [9.17, 15) is 9.59 Å². The largest absolute Gasteiger partial charge is 0.332 e. The lowest BCUT2D eigenvalue weighted by molar-refractivity contribution is -0.132. The summed E-state index contributed by atoms with van der Waals surface area (Å²) in [6.07, 6.45) is 0.768. The lowest BCUT2D eigenvalue weighted by Gasteiger charge is -2.24. The monoisotopic (exact) mass is 370 g/mol. The molecule has 25 heavy (non-hydrogen) atoms. The highest BCUT2D eigenvalue weighted by molar-refractivity contribution is 6.27. The third kappa shape index (κ3) is 6.03. The van der Waals surface area contributed by atoms with E-state index in [1.807, 2.05) is 38.4 Å². The van der Waals surface area contributed by atoms with Gasteiger partial charge in [-0.15, -0.1) is 11.6 Å². The zero-order chi connectivity index (χ0) is 19.4. The number of hydrogen-bond donors (Lipinski definition) is 1. The van der Waals surface area contributed by atoms with E-state index in [2.05, 4.69) is 31.2 Å². The summed E-state index contributed by atoms with van der Waals surface area (Å²) in [5.41, 5.74) is 0.500. The maximum Gasteiger partial charge on any atom is 0.245 e. The fraction of sp³-hybridized carbons (Fsp3) is 0.722. The molecule has 0 aromatic carbocycles. The van der Waals surface area contributed by atoms with Crippen LogP contribution >= 0.6 is 11.6 Å². The van der Waals surface area contributed by atoms with Crippen molar-refractivity contribution in [1.82, 2.24) is 14.7 Å². The molecule has 1 aromatic heterocycles. The molecule has 0 saturated heterocycles. The predicted octanol–water partition coefficient (Wildman–Crippen LogP) is 3.35. The van der Waals surface area contributed by atoms with Crippen LogP contribution in [0.5, 0.6) is 0 Å². The minimum absolute atomic E-state index is 0.0143. The third-order valence-corrected chi connectivity index (χ3v) is 3.90. The second kappa shape index (κ2) is 8.21. The molecule has 0 bridgehead atoms. The van der Waals surface area contributed by atoms with E-state index in [-0.39, 0.29) is 35.2 Å². The Balaban J connectivity index is 3.02. The first-order chi connectivity index (χ1) is 11.4. The zero-order valence-corrected chi connectivity index (χ0v) is 17.2. The molecule has 0 aliphatic carbocycles. The third-order valence-electron chi connectivity index (χ3n) is 3.68. The topological polar surface area (TPSA) is 67.2 Å². The van der Waals surface area contributed by atoms with Gasteiger partial charge in [0.2, 0.25) is 11.8 Å². The van der Waals surface area contributed by atoms with Crippen LogP contribution < -0.4 is 5.32 Å². The molecule has 0 aliphatic rings. The van der Waals surface area contributed by atoms with Gasteiger partial charge in [0, 0.05) is 18.0 Å². The molecule has 1 aromatic rings. The smallest absolute Gasteiger partial charge is 0.245 e. The zero-order valence-electron chi connectivity index (χ0n) is 16.4. The quantitative estimate of drug-likeness (QED) is 0.781. The second-order valence-corrected chi connectivity index (χ2v) is 8.51. The van der Waals surface area contributed by atoms with Crippen molar-refractivity contribution < 1.29 is 9.59 Å². The Morgan fingerprint density at radius 1 is 1.24 bits per heavy atom. The predicted molar refractivity (Wildman–Crippen MR) is 102 cm³/mol. The van der Waals surface area contributed by atoms with E-state index in [0.717, 1.165) is 12.1 Å². The first kappa shape index (κ1) is 21.5. The number of hydrogen-bond acceptors (Lipinski definition) is 3. The van der Waals surface area contributed by atoms with Crippen molar-refractivity contribution in [3.05, 3.63) is 11.8 Å². The number of rotatable bonds is 6. The highest BCUT2D eigenvalue weighted by Crippen LogP contribution is 2.28. The van der Waals surface area contributed by atoms with Gasteiger partial charge in [-0.1, -0.05) is 27.7 Å². The summed E-state index contributed by atoms with van der Waals surface area (Å²) >= 11 is 5.63. The van der Waals surface area contributed by atoms with E-state index in [1.54, 1.807) is 0 Å². The molecule has 2 amide bonds. The van der Waals surface area contributed by atoms with Gasteiger partial charge in [-0.2, -0.15) is 5.10 Å². The van der Waals surface area contributed by atoms with Crippen LogP contribution in [0, 0.1) is 0 Å².